The third-order valence-corrected chi connectivity index (χ3v) is 4.68. The molecular weight excluding hydrogens is 352 g/mol. The van der Waals surface area contributed by atoms with E-state index in [-0.39, 0.29) is 5.69 Å². The van der Waals surface area contributed by atoms with Gasteiger partial charge >= 0.3 is 0 Å². The van der Waals surface area contributed by atoms with Gasteiger partial charge < -0.3 is 10.6 Å². The van der Waals surface area contributed by atoms with Gasteiger partial charge in [-0.25, -0.2) is 8.78 Å². The summed E-state index contributed by atoms with van der Waals surface area (Å²) >= 11 is 0. The molecule has 5 nitrogen and oxygen atoms in total. The Labute approximate surface area is 153 Å². The number of aromatic nitrogens is 1. The fraction of sp³-hybridized carbons (Fsp3) is 0.150. The molecule has 1 aromatic heterocycles. The van der Waals surface area contributed by atoms with Crippen molar-refractivity contribution in [3.05, 3.63) is 66.4 Å². The summed E-state index contributed by atoms with van der Waals surface area (Å²) in [6, 6.07) is 11.9. The lowest BCUT2D eigenvalue weighted by molar-refractivity contribution is -0.131. The topological polar surface area (TPSA) is 71.1 Å². The lowest BCUT2D eigenvalue weighted by atomic mass is 10.0. The van der Waals surface area contributed by atoms with Gasteiger partial charge in [0.1, 0.15) is 17.0 Å². The van der Waals surface area contributed by atoms with Crippen molar-refractivity contribution in [3.8, 4) is 0 Å². The normalized spacial score (nSPS) is 14.6. The first-order chi connectivity index (χ1) is 13.0. The first-order valence-electron chi connectivity index (χ1n) is 8.41. The summed E-state index contributed by atoms with van der Waals surface area (Å²) < 4.78 is 26.8. The van der Waals surface area contributed by atoms with Crippen LogP contribution in [0.1, 0.15) is 12.8 Å². The minimum Gasteiger partial charge on any atom is -0.323 e. The smallest absolute Gasteiger partial charge is 0.240 e. The number of anilines is 2. The second-order valence-corrected chi connectivity index (χ2v) is 6.50. The standard InChI is InChI=1S/C20H15F2N3O2/c21-13-6-7-15(14(22)11-13)24-18(26)20(8-9-20)19(27)25-16-5-1-3-12-4-2-10-23-17(12)16/h1-7,10-11H,8-9H2,(H,24,26)(H,25,27). The molecule has 3 aromatic rings. The number of para-hydroxylation sites is 1. The second-order valence-electron chi connectivity index (χ2n) is 6.50. The van der Waals surface area contributed by atoms with Gasteiger partial charge in [0.2, 0.25) is 11.8 Å². The minimum absolute atomic E-state index is 0.160. The van der Waals surface area contributed by atoms with Gasteiger partial charge in [-0.1, -0.05) is 18.2 Å². The molecule has 2 amide bonds. The SMILES string of the molecule is O=C(Nc1ccc(F)cc1F)C1(C(=O)Nc2cccc3cccnc23)CC1. The van der Waals surface area contributed by atoms with E-state index in [2.05, 4.69) is 15.6 Å². The fourth-order valence-electron chi connectivity index (χ4n) is 2.96. The third-order valence-electron chi connectivity index (χ3n) is 4.68. The average Bonchev–Trinajstić information content (AvgIpc) is 3.46. The van der Waals surface area contributed by atoms with Gasteiger partial charge in [-0.05, 0) is 37.1 Å². The molecule has 2 aromatic carbocycles. The van der Waals surface area contributed by atoms with Gasteiger partial charge in [-0.15, -0.1) is 0 Å². The molecule has 0 bridgehead atoms. The summed E-state index contributed by atoms with van der Waals surface area (Å²) in [5.41, 5.74) is -0.302. The van der Waals surface area contributed by atoms with Crippen molar-refractivity contribution in [1.29, 1.82) is 0 Å². The Balaban J connectivity index is 1.55. The highest BCUT2D eigenvalue weighted by molar-refractivity contribution is 6.18. The van der Waals surface area contributed by atoms with E-state index in [1.54, 1.807) is 24.4 Å². The van der Waals surface area contributed by atoms with Gasteiger partial charge in [0.05, 0.1) is 16.9 Å². The molecule has 0 unspecified atom stereocenters. The molecule has 0 spiro atoms. The Morgan fingerprint density at radius 3 is 2.33 bits per heavy atom. The maximum absolute atomic E-state index is 13.8. The number of hydrogen-bond donors (Lipinski definition) is 2. The van der Waals surface area contributed by atoms with Crippen LogP contribution >= 0.6 is 0 Å². The molecule has 1 aliphatic rings. The molecule has 0 atom stereocenters. The zero-order chi connectivity index (χ0) is 19.0. The van der Waals surface area contributed by atoms with E-state index in [0.717, 1.165) is 17.5 Å². The number of amides is 2. The van der Waals surface area contributed by atoms with Crippen LogP contribution in [0.25, 0.3) is 10.9 Å². The number of benzene rings is 2. The molecule has 27 heavy (non-hydrogen) atoms. The van der Waals surface area contributed by atoms with E-state index >= 15 is 0 Å². The highest BCUT2D eigenvalue weighted by Crippen LogP contribution is 2.47. The van der Waals surface area contributed by atoms with Gasteiger partial charge in [0.15, 0.2) is 0 Å². The molecule has 0 radical (unpaired) electrons. The first-order valence-corrected chi connectivity index (χ1v) is 8.41. The Bertz CT molecular complexity index is 1060. The van der Waals surface area contributed by atoms with Crippen LogP contribution in [0.4, 0.5) is 20.2 Å². The number of hydrogen-bond acceptors (Lipinski definition) is 3. The van der Waals surface area contributed by atoms with E-state index < -0.39 is 28.9 Å². The largest absolute Gasteiger partial charge is 0.323 e. The van der Waals surface area contributed by atoms with Gasteiger partial charge in [0, 0.05) is 17.6 Å². The molecule has 1 heterocycles. The predicted molar refractivity (Wildman–Crippen MR) is 97.0 cm³/mol. The van der Waals surface area contributed by atoms with Crippen molar-refractivity contribution >= 4 is 34.1 Å². The van der Waals surface area contributed by atoms with Gasteiger partial charge in [-0.3, -0.25) is 14.6 Å². The van der Waals surface area contributed by atoms with Crippen LogP contribution < -0.4 is 10.6 Å². The Hall–Kier alpha value is -3.35. The van der Waals surface area contributed by atoms with Crippen LogP contribution in [0.15, 0.2) is 54.7 Å². The number of nitrogens with zero attached hydrogens (tertiary/aromatic N) is 1. The number of nitrogens with one attached hydrogen (secondary N) is 2. The molecule has 1 saturated carbocycles. The van der Waals surface area contributed by atoms with Crippen molar-refractivity contribution in [2.75, 3.05) is 10.6 Å². The molecule has 1 aliphatic carbocycles. The van der Waals surface area contributed by atoms with E-state index in [1.807, 2.05) is 12.1 Å². The Morgan fingerprint density at radius 1 is 0.926 bits per heavy atom. The quantitative estimate of drug-likeness (QED) is 0.688. The van der Waals surface area contributed by atoms with Crippen LogP contribution in [0, 0.1) is 17.0 Å². The molecule has 7 heteroatoms. The average molecular weight is 367 g/mol. The summed E-state index contributed by atoms with van der Waals surface area (Å²) in [4.78, 5) is 29.6. The number of carbonyl (C=O) groups excluding carboxylic acids is 2. The van der Waals surface area contributed by atoms with E-state index in [4.69, 9.17) is 0 Å². The fourth-order valence-corrected chi connectivity index (χ4v) is 2.96. The molecule has 1 fully saturated rings. The van der Waals surface area contributed by atoms with E-state index in [0.29, 0.717) is 30.1 Å². The minimum atomic E-state index is -1.27. The van der Waals surface area contributed by atoms with Crippen LogP contribution in [0.3, 0.4) is 0 Å². The summed E-state index contributed by atoms with van der Waals surface area (Å²) in [5, 5.41) is 6.01. The zero-order valence-corrected chi connectivity index (χ0v) is 14.1. The number of carbonyl (C=O) groups is 2. The van der Waals surface area contributed by atoms with Gasteiger partial charge in [0.25, 0.3) is 0 Å². The lowest BCUT2D eigenvalue weighted by Gasteiger charge is -2.16. The maximum atomic E-state index is 13.8. The maximum Gasteiger partial charge on any atom is 0.240 e. The highest BCUT2D eigenvalue weighted by Gasteiger charge is 2.56. The van der Waals surface area contributed by atoms with Crippen molar-refractivity contribution in [2.24, 2.45) is 5.41 Å². The van der Waals surface area contributed by atoms with Crippen LogP contribution in [-0.2, 0) is 9.59 Å². The van der Waals surface area contributed by atoms with Crippen molar-refractivity contribution in [3.63, 3.8) is 0 Å². The Kier molecular flexibility index (Phi) is 4.07. The Morgan fingerprint density at radius 2 is 1.63 bits per heavy atom. The molecule has 136 valence electrons. The predicted octanol–water partition coefficient (Wildman–Crippen LogP) is 3.87. The summed E-state index contributed by atoms with van der Waals surface area (Å²) in [6.07, 6.45) is 2.33. The zero-order valence-electron chi connectivity index (χ0n) is 14.1. The van der Waals surface area contributed by atoms with Crippen molar-refractivity contribution < 1.29 is 18.4 Å². The number of fused-ring (bicyclic) bond motifs is 1. The van der Waals surface area contributed by atoms with Crippen molar-refractivity contribution in [2.45, 2.75) is 12.8 Å². The van der Waals surface area contributed by atoms with Crippen LogP contribution in [0.2, 0.25) is 0 Å². The second kappa shape index (κ2) is 6.42. The highest BCUT2D eigenvalue weighted by atomic mass is 19.1. The summed E-state index contributed by atoms with van der Waals surface area (Å²) in [6.45, 7) is 0. The van der Waals surface area contributed by atoms with Crippen molar-refractivity contribution in [1.82, 2.24) is 4.98 Å². The van der Waals surface area contributed by atoms with Crippen LogP contribution in [0.5, 0.6) is 0 Å². The lowest BCUT2D eigenvalue weighted by Crippen LogP contribution is -2.36. The monoisotopic (exact) mass is 367 g/mol. The molecular formula is C20H15F2N3O2. The molecule has 0 saturated heterocycles. The van der Waals surface area contributed by atoms with E-state index in [1.165, 1.54) is 0 Å². The summed E-state index contributed by atoms with van der Waals surface area (Å²) in [7, 11) is 0. The number of pyridine rings is 1. The summed E-state index contributed by atoms with van der Waals surface area (Å²) in [5.74, 6) is -2.72. The first kappa shape index (κ1) is 17.1. The number of halogens is 2. The number of rotatable bonds is 4. The molecule has 4 rings (SSSR count). The van der Waals surface area contributed by atoms with Crippen LogP contribution in [-0.4, -0.2) is 16.8 Å². The molecule has 2 N–H and O–H groups in total. The molecule has 0 aliphatic heterocycles. The van der Waals surface area contributed by atoms with E-state index in [9.17, 15) is 18.4 Å². The van der Waals surface area contributed by atoms with Gasteiger partial charge in [-0.2, -0.15) is 0 Å². The third kappa shape index (κ3) is 3.12.